The van der Waals surface area contributed by atoms with Gasteiger partial charge in [0.15, 0.2) is 5.79 Å². The highest BCUT2D eigenvalue weighted by atomic mass is 16.8. The Bertz CT molecular complexity index is 312. The summed E-state index contributed by atoms with van der Waals surface area (Å²) in [6, 6.07) is 0. The van der Waals surface area contributed by atoms with Crippen LogP contribution in [0.15, 0.2) is 0 Å². The van der Waals surface area contributed by atoms with Gasteiger partial charge in [-0.15, -0.1) is 0 Å². The van der Waals surface area contributed by atoms with E-state index in [-0.39, 0.29) is 31.7 Å². The predicted octanol–water partition coefficient (Wildman–Crippen LogP) is 1.32. The number of carbonyl (C=O) groups excluding carboxylic acids is 1. The first-order chi connectivity index (χ1) is 8.34. The largest absolute Gasteiger partial charge is 0.481 e. The van der Waals surface area contributed by atoms with Crippen molar-refractivity contribution >= 4 is 11.9 Å². The molecule has 104 valence electrons. The van der Waals surface area contributed by atoms with Gasteiger partial charge in [0, 0.05) is 0 Å². The lowest BCUT2D eigenvalue weighted by Crippen LogP contribution is -2.28. The molecule has 0 aromatic rings. The lowest BCUT2D eigenvalue weighted by atomic mass is 10.2. The van der Waals surface area contributed by atoms with E-state index in [0.717, 1.165) is 6.42 Å². The molecule has 0 amide bonds. The molecule has 1 rings (SSSR count). The monoisotopic (exact) mass is 260 g/mol. The van der Waals surface area contributed by atoms with Crippen molar-refractivity contribution in [1.29, 1.82) is 0 Å². The Morgan fingerprint density at radius 2 is 1.83 bits per heavy atom. The van der Waals surface area contributed by atoms with Gasteiger partial charge in [0.25, 0.3) is 0 Å². The molecule has 1 aliphatic heterocycles. The summed E-state index contributed by atoms with van der Waals surface area (Å²) in [5, 5.41) is 8.44. The van der Waals surface area contributed by atoms with E-state index < -0.39 is 17.7 Å². The smallest absolute Gasteiger partial charge is 0.306 e. The molecule has 18 heavy (non-hydrogen) atoms. The van der Waals surface area contributed by atoms with Crippen LogP contribution in [0.3, 0.4) is 0 Å². The van der Waals surface area contributed by atoms with Crippen molar-refractivity contribution < 1.29 is 28.9 Å². The van der Waals surface area contributed by atoms with Crippen molar-refractivity contribution in [2.75, 3.05) is 6.61 Å². The summed E-state index contributed by atoms with van der Waals surface area (Å²) in [6.07, 6.45) is 0.0269. The van der Waals surface area contributed by atoms with Crippen LogP contribution < -0.4 is 0 Å². The molecule has 1 saturated heterocycles. The van der Waals surface area contributed by atoms with Crippen molar-refractivity contribution in [2.24, 2.45) is 0 Å². The van der Waals surface area contributed by atoms with Crippen molar-refractivity contribution in [1.82, 2.24) is 0 Å². The molecule has 0 spiro atoms. The highest BCUT2D eigenvalue weighted by Gasteiger charge is 2.40. The van der Waals surface area contributed by atoms with E-state index in [1.807, 2.05) is 20.8 Å². The van der Waals surface area contributed by atoms with E-state index in [2.05, 4.69) is 0 Å². The molecule has 1 fully saturated rings. The van der Waals surface area contributed by atoms with Crippen LogP contribution in [0.2, 0.25) is 0 Å². The van der Waals surface area contributed by atoms with Gasteiger partial charge in [-0.3, -0.25) is 9.59 Å². The van der Waals surface area contributed by atoms with Gasteiger partial charge in [-0.1, -0.05) is 6.92 Å². The lowest BCUT2D eigenvalue weighted by Gasteiger charge is -2.16. The fourth-order valence-electron chi connectivity index (χ4n) is 1.85. The van der Waals surface area contributed by atoms with Crippen LogP contribution in [0.5, 0.6) is 0 Å². The van der Waals surface area contributed by atoms with Gasteiger partial charge in [0.05, 0.1) is 18.9 Å². The number of carbonyl (C=O) groups is 2. The number of hydrogen-bond donors (Lipinski definition) is 1. The molecular formula is C12H20O6. The molecule has 1 heterocycles. The fourth-order valence-corrected chi connectivity index (χ4v) is 1.85. The van der Waals surface area contributed by atoms with Crippen molar-refractivity contribution in [3.63, 3.8) is 0 Å². The van der Waals surface area contributed by atoms with E-state index in [1.165, 1.54) is 0 Å². The standard InChI is InChI=1S/C12H20O6/c1-4-8-9(18-12(2,3)17-8)7-16-11(15)6-5-10(13)14/h8-9H,4-7H2,1-3H3,(H,13,14). The topological polar surface area (TPSA) is 82.1 Å². The summed E-state index contributed by atoms with van der Waals surface area (Å²) in [5.41, 5.74) is 0. The summed E-state index contributed by atoms with van der Waals surface area (Å²) in [4.78, 5) is 21.6. The first-order valence-electron chi connectivity index (χ1n) is 6.07. The maximum Gasteiger partial charge on any atom is 0.306 e. The highest BCUT2D eigenvalue weighted by molar-refractivity contribution is 5.76. The number of hydrogen-bond acceptors (Lipinski definition) is 5. The second kappa shape index (κ2) is 6.15. The van der Waals surface area contributed by atoms with Crippen LogP contribution in [0, 0.1) is 0 Å². The summed E-state index contributed by atoms with van der Waals surface area (Å²) >= 11 is 0. The van der Waals surface area contributed by atoms with Gasteiger partial charge in [-0.25, -0.2) is 0 Å². The Morgan fingerprint density at radius 3 is 2.39 bits per heavy atom. The molecule has 0 radical (unpaired) electrons. The van der Waals surface area contributed by atoms with E-state index in [1.54, 1.807) is 0 Å². The van der Waals surface area contributed by atoms with Crippen LogP contribution in [0.1, 0.15) is 40.0 Å². The zero-order valence-electron chi connectivity index (χ0n) is 11.0. The number of carboxylic acids is 1. The van der Waals surface area contributed by atoms with Crippen LogP contribution in [0.25, 0.3) is 0 Å². The van der Waals surface area contributed by atoms with Gasteiger partial charge in [-0.05, 0) is 20.3 Å². The average Bonchev–Trinajstić information content (AvgIpc) is 2.58. The lowest BCUT2D eigenvalue weighted by molar-refractivity contribution is -0.160. The van der Waals surface area contributed by atoms with E-state index in [9.17, 15) is 9.59 Å². The quantitative estimate of drug-likeness (QED) is 0.725. The van der Waals surface area contributed by atoms with E-state index in [0.29, 0.717) is 0 Å². The molecule has 0 aromatic carbocycles. The number of rotatable bonds is 6. The summed E-state index contributed by atoms with van der Waals surface area (Å²) < 4.78 is 16.2. The second-order valence-corrected chi connectivity index (χ2v) is 4.70. The Kier molecular flexibility index (Phi) is 5.10. The molecular weight excluding hydrogens is 240 g/mol. The third kappa shape index (κ3) is 4.62. The van der Waals surface area contributed by atoms with Gasteiger partial charge in [0.2, 0.25) is 0 Å². The summed E-state index contributed by atoms with van der Waals surface area (Å²) in [7, 11) is 0. The Hall–Kier alpha value is -1.14. The number of esters is 1. The molecule has 6 nitrogen and oxygen atoms in total. The highest BCUT2D eigenvalue weighted by Crippen LogP contribution is 2.29. The number of aliphatic carboxylic acids is 1. The van der Waals surface area contributed by atoms with Crippen molar-refractivity contribution in [3.05, 3.63) is 0 Å². The van der Waals surface area contributed by atoms with E-state index >= 15 is 0 Å². The maximum atomic E-state index is 11.3. The van der Waals surface area contributed by atoms with Crippen LogP contribution in [-0.2, 0) is 23.8 Å². The first-order valence-corrected chi connectivity index (χ1v) is 6.07. The average molecular weight is 260 g/mol. The molecule has 6 heteroatoms. The third-order valence-corrected chi connectivity index (χ3v) is 2.64. The van der Waals surface area contributed by atoms with Gasteiger partial charge in [-0.2, -0.15) is 0 Å². The zero-order chi connectivity index (χ0) is 13.8. The SMILES string of the molecule is CCC1OC(C)(C)OC1COC(=O)CCC(=O)O. The Balaban J connectivity index is 2.34. The predicted molar refractivity (Wildman–Crippen MR) is 61.9 cm³/mol. The minimum absolute atomic E-state index is 0.0976. The van der Waals surface area contributed by atoms with Crippen molar-refractivity contribution in [3.8, 4) is 0 Å². The molecule has 2 unspecified atom stereocenters. The Labute approximate surface area is 106 Å². The normalized spacial score (nSPS) is 25.9. The minimum atomic E-state index is -1.01. The van der Waals surface area contributed by atoms with E-state index in [4.69, 9.17) is 19.3 Å². The molecule has 0 saturated carbocycles. The second-order valence-electron chi connectivity index (χ2n) is 4.70. The summed E-state index contributed by atoms with van der Waals surface area (Å²) in [6.45, 7) is 5.68. The van der Waals surface area contributed by atoms with Crippen LogP contribution in [0.4, 0.5) is 0 Å². The molecule has 1 aliphatic rings. The molecule has 1 N–H and O–H groups in total. The maximum absolute atomic E-state index is 11.3. The fraction of sp³-hybridized carbons (Fsp3) is 0.833. The molecule has 2 atom stereocenters. The van der Waals surface area contributed by atoms with Gasteiger partial charge >= 0.3 is 11.9 Å². The number of carboxylic acid groups (broad SMARTS) is 1. The van der Waals surface area contributed by atoms with Gasteiger partial charge < -0.3 is 19.3 Å². The van der Waals surface area contributed by atoms with Crippen molar-refractivity contribution in [2.45, 2.75) is 58.0 Å². The zero-order valence-corrected chi connectivity index (χ0v) is 11.0. The molecule has 0 aliphatic carbocycles. The van der Waals surface area contributed by atoms with Crippen LogP contribution >= 0.6 is 0 Å². The summed E-state index contributed by atoms with van der Waals surface area (Å²) in [5.74, 6) is -2.21. The van der Waals surface area contributed by atoms with Crippen LogP contribution in [-0.4, -0.2) is 41.6 Å². The molecule has 0 aromatic heterocycles. The first kappa shape index (κ1) is 14.9. The van der Waals surface area contributed by atoms with Gasteiger partial charge in [0.1, 0.15) is 12.7 Å². The minimum Gasteiger partial charge on any atom is -0.481 e. The third-order valence-electron chi connectivity index (χ3n) is 2.64. The molecule has 0 bridgehead atoms. The Morgan fingerprint density at radius 1 is 1.22 bits per heavy atom. The number of ether oxygens (including phenoxy) is 3.